The van der Waals surface area contributed by atoms with Crippen LogP contribution < -0.4 is 0 Å². The Bertz CT molecular complexity index is 509. The van der Waals surface area contributed by atoms with Crippen LogP contribution in [0.5, 0.6) is 0 Å². The summed E-state index contributed by atoms with van der Waals surface area (Å²) in [5.74, 6) is -1.09. The van der Waals surface area contributed by atoms with E-state index in [1.807, 2.05) is 0 Å². The minimum absolute atomic E-state index is 0.0812. The number of carboxylic acids is 1. The van der Waals surface area contributed by atoms with Gasteiger partial charge in [0.1, 0.15) is 11.4 Å². The predicted octanol–water partition coefficient (Wildman–Crippen LogP) is 0.455. The molecule has 8 heteroatoms. The van der Waals surface area contributed by atoms with E-state index >= 15 is 0 Å². The lowest BCUT2D eigenvalue weighted by Gasteiger charge is -1.99. The fourth-order valence-corrected chi connectivity index (χ4v) is 1.63. The first-order valence-corrected chi connectivity index (χ1v) is 5.05. The highest BCUT2D eigenvalue weighted by Crippen LogP contribution is 2.21. The van der Waals surface area contributed by atoms with Crippen LogP contribution in [-0.4, -0.2) is 35.8 Å². The fraction of sp³-hybridized carbons (Fsp3) is 0.125. The van der Waals surface area contributed by atoms with Gasteiger partial charge in [-0.3, -0.25) is 0 Å². The molecule has 0 fully saturated rings. The van der Waals surface area contributed by atoms with E-state index in [4.69, 9.17) is 5.11 Å². The Morgan fingerprint density at radius 1 is 1.38 bits per heavy atom. The zero-order chi connectivity index (χ0) is 11.5. The molecule has 0 aliphatic heterocycles. The molecule has 7 nitrogen and oxygen atoms in total. The summed E-state index contributed by atoms with van der Waals surface area (Å²) < 4.78 is 1.59. The van der Waals surface area contributed by atoms with Crippen LogP contribution in [-0.2, 0) is 7.05 Å². The highest BCUT2D eigenvalue weighted by atomic mass is 32.2. The van der Waals surface area contributed by atoms with Crippen molar-refractivity contribution in [2.75, 3.05) is 0 Å². The average Bonchev–Trinajstić information content (AvgIpc) is 2.65. The SMILES string of the molecule is Cn1ncnc1Sc1cnc(C(=O)O)cn1. The molecule has 2 aromatic heterocycles. The van der Waals surface area contributed by atoms with Crippen LogP contribution in [0.4, 0.5) is 0 Å². The number of hydrogen-bond donors (Lipinski definition) is 1. The van der Waals surface area contributed by atoms with Gasteiger partial charge in [0, 0.05) is 7.05 Å². The third kappa shape index (κ3) is 2.16. The lowest BCUT2D eigenvalue weighted by atomic mass is 10.5. The van der Waals surface area contributed by atoms with Crippen molar-refractivity contribution in [2.45, 2.75) is 10.2 Å². The van der Waals surface area contributed by atoms with Gasteiger partial charge in [0.05, 0.1) is 12.4 Å². The second-order valence-electron chi connectivity index (χ2n) is 2.81. The summed E-state index contributed by atoms with van der Waals surface area (Å²) in [7, 11) is 1.76. The van der Waals surface area contributed by atoms with Crippen LogP contribution in [0.3, 0.4) is 0 Å². The molecule has 0 aromatic carbocycles. The number of aromatic carboxylic acids is 1. The van der Waals surface area contributed by atoms with Gasteiger partial charge in [-0.15, -0.1) is 0 Å². The zero-order valence-corrected chi connectivity index (χ0v) is 9.05. The quantitative estimate of drug-likeness (QED) is 0.828. The third-order valence-electron chi connectivity index (χ3n) is 1.71. The van der Waals surface area contributed by atoms with Gasteiger partial charge in [0.25, 0.3) is 0 Å². The maximum Gasteiger partial charge on any atom is 0.356 e. The van der Waals surface area contributed by atoms with Crippen LogP contribution >= 0.6 is 11.8 Å². The summed E-state index contributed by atoms with van der Waals surface area (Å²) in [4.78, 5) is 22.2. The van der Waals surface area contributed by atoms with Gasteiger partial charge in [0.2, 0.25) is 0 Å². The van der Waals surface area contributed by atoms with Crippen molar-refractivity contribution in [2.24, 2.45) is 7.05 Å². The summed E-state index contributed by atoms with van der Waals surface area (Å²) in [5, 5.41) is 13.8. The number of carboxylic acid groups (broad SMARTS) is 1. The first kappa shape index (κ1) is 10.6. The van der Waals surface area contributed by atoms with Crippen molar-refractivity contribution < 1.29 is 9.90 Å². The topological polar surface area (TPSA) is 93.8 Å². The normalized spacial score (nSPS) is 10.3. The lowest BCUT2D eigenvalue weighted by molar-refractivity contribution is 0.0689. The van der Waals surface area contributed by atoms with Crippen molar-refractivity contribution in [3.05, 3.63) is 24.4 Å². The van der Waals surface area contributed by atoms with E-state index in [-0.39, 0.29) is 5.69 Å². The first-order chi connectivity index (χ1) is 7.66. The second-order valence-corrected chi connectivity index (χ2v) is 3.80. The van der Waals surface area contributed by atoms with Crippen LogP contribution in [0.15, 0.2) is 28.9 Å². The van der Waals surface area contributed by atoms with Crippen LogP contribution in [0.2, 0.25) is 0 Å². The van der Waals surface area contributed by atoms with Crippen LogP contribution in [0.1, 0.15) is 10.5 Å². The molecule has 0 saturated heterocycles. The molecule has 2 heterocycles. The van der Waals surface area contributed by atoms with E-state index in [0.717, 1.165) is 0 Å². The number of nitrogens with zero attached hydrogens (tertiary/aromatic N) is 5. The van der Waals surface area contributed by atoms with Gasteiger partial charge in [-0.1, -0.05) is 0 Å². The summed E-state index contributed by atoms with van der Waals surface area (Å²) in [6.07, 6.45) is 4.03. The number of aryl methyl sites for hydroxylation is 1. The van der Waals surface area contributed by atoms with Gasteiger partial charge < -0.3 is 5.11 Å². The molecule has 2 rings (SSSR count). The van der Waals surface area contributed by atoms with E-state index < -0.39 is 5.97 Å². The van der Waals surface area contributed by atoms with Gasteiger partial charge >= 0.3 is 5.97 Å². The minimum atomic E-state index is -1.09. The average molecular weight is 237 g/mol. The number of aromatic nitrogens is 5. The Hall–Kier alpha value is -1.96. The lowest BCUT2D eigenvalue weighted by Crippen LogP contribution is -2.01. The monoisotopic (exact) mass is 237 g/mol. The molecule has 0 aliphatic carbocycles. The molecule has 0 spiro atoms. The van der Waals surface area contributed by atoms with E-state index in [2.05, 4.69) is 20.1 Å². The number of hydrogen-bond acceptors (Lipinski definition) is 6. The Kier molecular flexibility index (Phi) is 2.82. The maximum atomic E-state index is 10.5. The smallest absolute Gasteiger partial charge is 0.356 e. The predicted molar refractivity (Wildman–Crippen MR) is 54.1 cm³/mol. The van der Waals surface area contributed by atoms with Gasteiger partial charge in [-0.25, -0.2) is 24.4 Å². The number of rotatable bonds is 3. The fourth-order valence-electron chi connectivity index (χ4n) is 0.951. The Morgan fingerprint density at radius 2 is 2.19 bits per heavy atom. The van der Waals surface area contributed by atoms with E-state index in [9.17, 15) is 4.79 Å². The zero-order valence-electron chi connectivity index (χ0n) is 8.23. The van der Waals surface area contributed by atoms with Crippen LogP contribution in [0, 0.1) is 0 Å². The molecular weight excluding hydrogens is 230 g/mol. The maximum absolute atomic E-state index is 10.5. The summed E-state index contributed by atoms with van der Waals surface area (Å²) in [5.41, 5.74) is -0.0812. The molecule has 0 atom stereocenters. The molecule has 0 unspecified atom stereocenters. The third-order valence-corrected chi connectivity index (χ3v) is 2.69. The standard InChI is InChI=1S/C8H7N5O2S/c1-13-8(11-4-12-13)16-6-3-9-5(2-10-6)7(14)15/h2-4H,1H3,(H,14,15). The summed E-state index contributed by atoms with van der Waals surface area (Å²) >= 11 is 1.26. The van der Waals surface area contributed by atoms with Gasteiger partial charge in [0.15, 0.2) is 10.9 Å². The van der Waals surface area contributed by atoms with E-state index in [1.165, 1.54) is 30.5 Å². The van der Waals surface area contributed by atoms with E-state index in [0.29, 0.717) is 10.2 Å². The van der Waals surface area contributed by atoms with Crippen molar-refractivity contribution >= 4 is 17.7 Å². The molecule has 0 radical (unpaired) electrons. The van der Waals surface area contributed by atoms with Crippen molar-refractivity contribution in [3.8, 4) is 0 Å². The minimum Gasteiger partial charge on any atom is -0.476 e. The molecule has 0 amide bonds. The molecule has 0 bridgehead atoms. The largest absolute Gasteiger partial charge is 0.476 e. The molecule has 82 valence electrons. The number of carbonyl (C=O) groups is 1. The molecule has 0 aliphatic rings. The highest BCUT2D eigenvalue weighted by molar-refractivity contribution is 7.99. The van der Waals surface area contributed by atoms with Crippen molar-refractivity contribution in [1.29, 1.82) is 0 Å². The second kappa shape index (κ2) is 4.27. The molecule has 1 N–H and O–H groups in total. The summed E-state index contributed by atoms with van der Waals surface area (Å²) in [6.45, 7) is 0. The Labute approximate surface area is 94.6 Å². The van der Waals surface area contributed by atoms with E-state index in [1.54, 1.807) is 11.7 Å². The van der Waals surface area contributed by atoms with Crippen molar-refractivity contribution in [1.82, 2.24) is 24.7 Å². The molecular formula is C8H7N5O2S. The molecule has 2 aromatic rings. The Morgan fingerprint density at radius 3 is 2.69 bits per heavy atom. The van der Waals surface area contributed by atoms with Crippen LogP contribution in [0.25, 0.3) is 0 Å². The van der Waals surface area contributed by atoms with Gasteiger partial charge in [-0.2, -0.15) is 5.10 Å². The van der Waals surface area contributed by atoms with Gasteiger partial charge in [-0.05, 0) is 11.8 Å². The molecule has 0 saturated carbocycles. The summed E-state index contributed by atoms with van der Waals surface area (Å²) in [6, 6.07) is 0. The first-order valence-electron chi connectivity index (χ1n) is 4.24. The molecule has 16 heavy (non-hydrogen) atoms. The highest BCUT2D eigenvalue weighted by Gasteiger charge is 2.08. The Balaban J connectivity index is 2.17. The van der Waals surface area contributed by atoms with Crippen molar-refractivity contribution in [3.63, 3.8) is 0 Å².